The van der Waals surface area contributed by atoms with Crippen LogP contribution in [-0.4, -0.2) is 31.1 Å². The van der Waals surface area contributed by atoms with Crippen molar-refractivity contribution in [2.45, 2.75) is 18.7 Å². The molecule has 0 radical (unpaired) electrons. The van der Waals surface area contributed by atoms with Gasteiger partial charge in [0.2, 0.25) is 5.90 Å². The molecule has 2 aliphatic heterocycles. The van der Waals surface area contributed by atoms with Gasteiger partial charge in [-0.3, -0.25) is 0 Å². The maximum absolute atomic E-state index is 5.80. The van der Waals surface area contributed by atoms with Crippen LogP contribution in [0.15, 0.2) is 29.3 Å². The molecule has 2 atom stereocenters. The van der Waals surface area contributed by atoms with Crippen LogP contribution in [0, 0.1) is 0 Å². The molecular weight excluding hydrogens is 202 g/mol. The van der Waals surface area contributed by atoms with Gasteiger partial charge >= 0.3 is 0 Å². The van der Waals surface area contributed by atoms with E-state index in [0.717, 1.165) is 30.1 Å². The molecule has 1 aromatic rings. The number of nitrogens with two attached hydrogens (primary N) is 1. The van der Waals surface area contributed by atoms with Crippen LogP contribution in [0.4, 0.5) is 0 Å². The maximum atomic E-state index is 5.80. The average Bonchev–Trinajstić information content (AvgIpc) is 2.89. The van der Waals surface area contributed by atoms with Gasteiger partial charge in [0.15, 0.2) is 0 Å². The Morgan fingerprint density at radius 3 is 2.81 bits per heavy atom. The van der Waals surface area contributed by atoms with Gasteiger partial charge in [-0.05, 0) is 17.7 Å². The number of hydrogen-bond acceptors (Lipinski definition) is 4. The highest BCUT2D eigenvalue weighted by Gasteiger charge is 2.35. The third-order valence-electron chi connectivity index (χ3n) is 3.11. The van der Waals surface area contributed by atoms with E-state index < -0.39 is 0 Å². The van der Waals surface area contributed by atoms with Crippen LogP contribution >= 0.6 is 0 Å². The van der Waals surface area contributed by atoms with E-state index in [9.17, 15) is 0 Å². The molecule has 0 bridgehead atoms. The van der Waals surface area contributed by atoms with Crippen molar-refractivity contribution >= 4 is 5.90 Å². The van der Waals surface area contributed by atoms with Gasteiger partial charge in [-0.25, -0.2) is 4.99 Å². The molecule has 84 valence electrons. The molecule has 1 aromatic carbocycles. The molecular formula is C12H15N3O. The van der Waals surface area contributed by atoms with E-state index in [0.29, 0.717) is 12.6 Å². The van der Waals surface area contributed by atoms with Crippen LogP contribution in [0.1, 0.15) is 11.1 Å². The Balaban J connectivity index is 1.82. The Morgan fingerprint density at radius 1 is 1.31 bits per heavy atom. The number of hydrogen-bond donors (Lipinski definition) is 2. The molecule has 0 aromatic heterocycles. The summed E-state index contributed by atoms with van der Waals surface area (Å²) >= 11 is 0. The summed E-state index contributed by atoms with van der Waals surface area (Å²) in [5, 5.41) is 3.27. The Kier molecular flexibility index (Phi) is 2.38. The van der Waals surface area contributed by atoms with E-state index in [2.05, 4.69) is 10.3 Å². The Labute approximate surface area is 94.5 Å². The zero-order valence-corrected chi connectivity index (χ0v) is 9.02. The van der Waals surface area contributed by atoms with Crippen LogP contribution in [0.2, 0.25) is 0 Å². The van der Waals surface area contributed by atoms with Gasteiger partial charge in [0.25, 0.3) is 0 Å². The van der Waals surface area contributed by atoms with E-state index in [4.69, 9.17) is 10.5 Å². The number of aliphatic imine (C=N–C) groups is 1. The van der Waals surface area contributed by atoms with Crippen molar-refractivity contribution in [2.75, 3.05) is 13.1 Å². The molecule has 0 saturated carbocycles. The largest absolute Gasteiger partial charge is 0.470 e. The molecule has 1 saturated heterocycles. The molecule has 1 fully saturated rings. The quantitative estimate of drug-likeness (QED) is 0.747. The van der Waals surface area contributed by atoms with Crippen molar-refractivity contribution < 1.29 is 4.74 Å². The predicted molar refractivity (Wildman–Crippen MR) is 62.4 cm³/mol. The number of nitrogens with zero attached hydrogens (tertiary/aromatic N) is 1. The fraction of sp³-hybridized carbons (Fsp3) is 0.417. The van der Waals surface area contributed by atoms with Gasteiger partial charge in [0.05, 0.1) is 0 Å². The van der Waals surface area contributed by atoms with Crippen molar-refractivity contribution in [1.82, 2.24) is 5.32 Å². The van der Waals surface area contributed by atoms with E-state index in [-0.39, 0.29) is 6.10 Å². The fourth-order valence-corrected chi connectivity index (χ4v) is 2.14. The molecule has 0 aliphatic carbocycles. The van der Waals surface area contributed by atoms with E-state index in [1.165, 1.54) is 0 Å². The van der Waals surface area contributed by atoms with Crippen molar-refractivity contribution in [1.29, 1.82) is 0 Å². The Morgan fingerprint density at radius 2 is 2.12 bits per heavy atom. The summed E-state index contributed by atoms with van der Waals surface area (Å²) < 4.78 is 5.80. The number of ether oxygens (including phenoxy) is 1. The van der Waals surface area contributed by atoms with E-state index in [1.807, 2.05) is 24.3 Å². The molecule has 2 unspecified atom stereocenters. The van der Waals surface area contributed by atoms with Crippen molar-refractivity contribution in [3.05, 3.63) is 35.4 Å². The molecule has 2 aliphatic rings. The van der Waals surface area contributed by atoms with Crippen molar-refractivity contribution in [3.8, 4) is 0 Å². The lowest BCUT2D eigenvalue weighted by Gasteiger charge is -2.08. The highest BCUT2D eigenvalue weighted by atomic mass is 16.5. The Hall–Kier alpha value is -1.39. The highest BCUT2D eigenvalue weighted by molar-refractivity contribution is 5.95. The van der Waals surface area contributed by atoms with Gasteiger partial charge in [-0.15, -0.1) is 0 Å². The maximum Gasteiger partial charge on any atom is 0.216 e. The minimum Gasteiger partial charge on any atom is -0.470 e. The summed E-state index contributed by atoms with van der Waals surface area (Å²) in [6.45, 7) is 2.40. The number of nitrogens with one attached hydrogen (secondary N) is 1. The van der Waals surface area contributed by atoms with Crippen LogP contribution in [0.5, 0.6) is 0 Å². The van der Waals surface area contributed by atoms with Crippen LogP contribution in [-0.2, 0) is 11.3 Å². The summed E-state index contributed by atoms with van der Waals surface area (Å²) in [5.41, 5.74) is 7.74. The highest BCUT2D eigenvalue weighted by Crippen LogP contribution is 2.20. The molecule has 3 rings (SSSR count). The normalized spacial score (nSPS) is 27.4. The van der Waals surface area contributed by atoms with E-state index >= 15 is 0 Å². The molecule has 2 heterocycles. The Bertz CT molecular complexity index is 413. The van der Waals surface area contributed by atoms with Crippen LogP contribution < -0.4 is 11.1 Å². The summed E-state index contributed by atoms with van der Waals surface area (Å²) in [4.78, 5) is 4.58. The summed E-state index contributed by atoms with van der Waals surface area (Å²) in [6.07, 6.45) is 0.226. The molecule has 16 heavy (non-hydrogen) atoms. The third kappa shape index (κ3) is 1.60. The number of rotatable bonds is 2. The molecule has 4 nitrogen and oxygen atoms in total. The number of benzene rings is 1. The molecule has 0 spiro atoms. The van der Waals surface area contributed by atoms with Gasteiger partial charge in [-0.1, -0.05) is 12.1 Å². The minimum absolute atomic E-state index is 0.226. The SMILES string of the molecule is NCc1ccc(C2=NC3CNCC3O2)cc1. The molecule has 3 N–H and O–H groups in total. The second kappa shape index (κ2) is 3.88. The van der Waals surface area contributed by atoms with Crippen LogP contribution in [0.25, 0.3) is 0 Å². The lowest BCUT2D eigenvalue weighted by molar-refractivity contribution is 0.225. The van der Waals surface area contributed by atoms with Gasteiger partial charge in [-0.2, -0.15) is 0 Å². The minimum atomic E-state index is 0.226. The van der Waals surface area contributed by atoms with Crippen LogP contribution in [0.3, 0.4) is 0 Å². The topological polar surface area (TPSA) is 59.6 Å². The first kappa shape index (κ1) is 9.81. The lowest BCUT2D eigenvalue weighted by atomic mass is 10.1. The molecule has 0 amide bonds. The molecule has 4 heteroatoms. The van der Waals surface area contributed by atoms with Gasteiger partial charge in [0, 0.05) is 25.2 Å². The van der Waals surface area contributed by atoms with E-state index in [1.54, 1.807) is 0 Å². The smallest absolute Gasteiger partial charge is 0.216 e. The van der Waals surface area contributed by atoms with Crippen molar-refractivity contribution in [2.24, 2.45) is 10.7 Å². The zero-order chi connectivity index (χ0) is 11.0. The first-order valence-corrected chi connectivity index (χ1v) is 5.61. The zero-order valence-electron chi connectivity index (χ0n) is 9.02. The first-order chi connectivity index (χ1) is 7.86. The fourth-order valence-electron chi connectivity index (χ4n) is 2.14. The van der Waals surface area contributed by atoms with Gasteiger partial charge < -0.3 is 15.8 Å². The first-order valence-electron chi connectivity index (χ1n) is 5.61. The number of fused-ring (bicyclic) bond motifs is 1. The second-order valence-electron chi connectivity index (χ2n) is 4.22. The van der Waals surface area contributed by atoms with Crippen molar-refractivity contribution in [3.63, 3.8) is 0 Å². The summed E-state index contributed by atoms with van der Waals surface area (Å²) in [5.74, 6) is 0.778. The second-order valence-corrected chi connectivity index (χ2v) is 4.22. The summed E-state index contributed by atoms with van der Waals surface area (Å²) in [7, 11) is 0. The van der Waals surface area contributed by atoms with Gasteiger partial charge in [0.1, 0.15) is 12.1 Å². The standard InChI is InChI=1S/C12H15N3O/c13-5-8-1-3-9(4-2-8)12-15-10-6-14-7-11(10)16-12/h1-4,10-11,14H,5-7,13H2. The predicted octanol–water partition coefficient (Wildman–Crippen LogP) is 0.263. The average molecular weight is 217 g/mol. The summed E-state index contributed by atoms with van der Waals surface area (Å²) in [6, 6.07) is 8.38. The monoisotopic (exact) mass is 217 g/mol. The third-order valence-corrected chi connectivity index (χ3v) is 3.11. The lowest BCUT2D eigenvalue weighted by Crippen LogP contribution is -2.20.